The second-order valence-electron chi connectivity index (χ2n) is 7.61. The van der Waals surface area contributed by atoms with Gasteiger partial charge in [0.05, 0.1) is 18.0 Å². The van der Waals surface area contributed by atoms with Crippen LogP contribution in [0.15, 0.2) is 30.0 Å². The minimum Gasteiger partial charge on any atom is -0.387 e. The lowest BCUT2D eigenvalue weighted by Gasteiger charge is -2.30. The van der Waals surface area contributed by atoms with Crippen molar-refractivity contribution in [1.29, 1.82) is 5.41 Å². The molecule has 0 unspecified atom stereocenters. The quantitative estimate of drug-likeness (QED) is 0.610. The first kappa shape index (κ1) is 21.5. The number of carbonyl (C=O) groups excluding carboxylic acids is 1. The van der Waals surface area contributed by atoms with E-state index >= 15 is 0 Å². The van der Waals surface area contributed by atoms with E-state index in [1.165, 1.54) is 9.42 Å². The van der Waals surface area contributed by atoms with Crippen LogP contribution >= 0.6 is 0 Å². The van der Waals surface area contributed by atoms with Crippen molar-refractivity contribution in [2.45, 2.75) is 20.3 Å². The third kappa shape index (κ3) is 3.51. The Morgan fingerprint density at radius 3 is 2.50 bits per heavy atom. The summed E-state index contributed by atoms with van der Waals surface area (Å²) in [5, 5.41) is 15.6. The van der Waals surface area contributed by atoms with E-state index < -0.39 is 17.5 Å². The Bertz CT molecular complexity index is 1270. The van der Waals surface area contributed by atoms with Gasteiger partial charge in [0.1, 0.15) is 0 Å². The molecule has 1 aromatic carbocycles. The lowest BCUT2D eigenvalue weighted by molar-refractivity contribution is 0.0766. The highest BCUT2D eigenvalue weighted by molar-refractivity contribution is 6.08. The van der Waals surface area contributed by atoms with Gasteiger partial charge in [-0.2, -0.15) is 5.10 Å². The summed E-state index contributed by atoms with van der Waals surface area (Å²) >= 11 is 0. The van der Waals surface area contributed by atoms with Crippen molar-refractivity contribution in [2.75, 3.05) is 20.1 Å². The first-order chi connectivity index (χ1) is 15.2. The fourth-order valence-electron chi connectivity index (χ4n) is 3.95. The lowest BCUT2D eigenvalue weighted by Crippen LogP contribution is -2.42. The molecule has 0 bridgehead atoms. The normalized spacial score (nSPS) is 15.9. The van der Waals surface area contributed by atoms with Crippen LogP contribution in [0.2, 0.25) is 0 Å². The number of amides is 1. The van der Waals surface area contributed by atoms with Crippen LogP contribution in [0.3, 0.4) is 0 Å². The van der Waals surface area contributed by atoms with E-state index in [9.17, 15) is 18.0 Å². The van der Waals surface area contributed by atoms with E-state index in [2.05, 4.69) is 15.4 Å². The Hall–Kier alpha value is -3.69. The summed E-state index contributed by atoms with van der Waals surface area (Å²) in [5.41, 5.74) is 3.40. The van der Waals surface area contributed by atoms with Gasteiger partial charge in [-0.3, -0.25) is 4.79 Å². The molecule has 1 saturated heterocycles. The summed E-state index contributed by atoms with van der Waals surface area (Å²) in [6.07, 6.45) is 1.88. The topological polar surface area (TPSA) is 86.4 Å². The van der Waals surface area contributed by atoms with Crippen molar-refractivity contribution in [3.05, 3.63) is 69.9 Å². The van der Waals surface area contributed by atoms with Crippen molar-refractivity contribution >= 4 is 23.0 Å². The molecule has 7 nitrogen and oxygen atoms in total. The number of nitrogens with zero attached hydrogens (tertiary/aromatic N) is 4. The zero-order chi connectivity index (χ0) is 23.2. The second-order valence-corrected chi connectivity index (χ2v) is 7.61. The molecule has 0 saturated carbocycles. The van der Waals surface area contributed by atoms with Crippen LogP contribution < -0.4 is 5.32 Å². The zero-order valence-corrected chi connectivity index (χ0v) is 17.8. The monoisotopic (exact) mass is 442 g/mol. The number of carbonyl (C=O) groups is 1. The molecule has 0 aliphatic carbocycles. The summed E-state index contributed by atoms with van der Waals surface area (Å²) in [6, 6.07) is 3.58. The maximum Gasteiger partial charge on any atom is 0.274 e. The molecular formula is C22H21F3N6O. The molecule has 0 atom stereocenters. The van der Waals surface area contributed by atoms with Crippen molar-refractivity contribution in [2.24, 2.45) is 0 Å². The molecule has 1 fully saturated rings. The van der Waals surface area contributed by atoms with Crippen molar-refractivity contribution < 1.29 is 18.0 Å². The fourth-order valence-corrected chi connectivity index (χ4v) is 3.95. The summed E-state index contributed by atoms with van der Waals surface area (Å²) in [6.45, 7) is 3.90. The molecule has 1 aliphatic heterocycles. The van der Waals surface area contributed by atoms with Gasteiger partial charge < -0.3 is 15.6 Å². The third-order valence-corrected chi connectivity index (χ3v) is 5.55. The van der Waals surface area contributed by atoms with E-state index in [0.29, 0.717) is 28.3 Å². The number of hydrogen-bond donors (Lipinski definition) is 2. The molecule has 1 aliphatic rings. The number of imidazole rings is 1. The third-order valence-electron chi connectivity index (χ3n) is 5.55. The second kappa shape index (κ2) is 8.10. The highest BCUT2D eigenvalue weighted by Crippen LogP contribution is 2.26. The molecule has 166 valence electrons. The Kier molecular flexibility index (Phi) is 5.45. The first-order valence-corrected chi connectivity index (χ1v) is 9.96. The van der Waals surface area contributed by atoms with Gasteiger partial charge in [0.25, 0.3) is 5.91 Å². The van der Waals surface area contributed by atoms with E-state index in [4.69, 9.17) is 5.41 Å². The molecule has 10 heteroatoms. The Morgan fingerprint density at radius 1 is 1.19 bits per heavy atom. The number of halogens is 3. The molecule has 4 rings (SSSR count). The van der Waals surface area contributed by atoms with Gasteiger partial charge in [-0.05, 0) is 44.0 Å². The molecule has 1 amide bonds. The van der Waals surface area contributed by atoms with Gasteiger partial charge >= 0.3 is 0 Å². The van der Waals surface area contributed by atoms with E-state index in [1.807, 2.05) is 13.0 Å². The highest BCUT2D eigenvalue weighted by atomic mass is 19.2. The van der Waals surface area contributed by atoms with Crippen LogP contribution in [0, 0.1) is 36.7 Å². The number of aromatic nitrogens is 3. The van der Waals surface area contributed by atoms with Crippen LogP contribution in [0.4, 0.5) is 13.2 Å². The lowest BCUT2D eigenvalue weighted by atomic mass is 9.95. The smallest absolute Gasteiger partial charge is 0.274 e. The Labute approximate surface area is 182 Å². The summed E-state index contributed by atoms with van der Waals surface area (Å²) in [5.74, 6) is -4.46. The van der Waals surface area contributed by atoms with E-state index in [0.717, 1.165) is 17.7 Å². The number of benzene rings is 1. The van der Waals surface area contributed by atoms with Crippen LogP contribution in [-0.2, 0) is 0 Å². The summed E-state index contributed by atoms with van der Waals surface area (Å²) < 4.78 is 42.3. The number of likely N-dealkylation sites (tertiary alicyclic amines) is 1. The fraction of sp³-hybridized carbons (Fsp3) is 0.273. The van der Waals surface area contributed by atoms with Gasteiger partial charge in [-0.1, -0.05) is 0 Å². The predicted octanol–water partition coefficient (Wildman–Crippen LogP) is 3.26. The van der Waals surface area contributed by atoms with E-state index in [-0.39, 0.29) is 36.7 Å². The number of fused-ring (bicyclic) bond motifs is 1. The van der Waals surface area contributed by atoms with Gasteiger partial charge in [0.2, 0.25) is 0 Å². The average molecular weight is 442 g/mol. The highest BCUT2D eigenvalue weighted by Gasteiger charge is 2.30. The summed E-state index contributed by atoms with van der Waals surface area (Å²) in [7, 11) is 1.56. The van der Waals surface area contributed by atoms with Gasteiger partial charge in [0, 0.05) is 36.6 Å². The molecule has 2 aromatic heterocycles. The molecule has 3 aromatic rings. The minimum absolute atomic E-state index is 0.00396. The number of hydrogen-bond acceptors (Lipinski definition) is 5. The van der Waals surface area contributed by atoms with Gasteiger partial charge in [-0.15, -0.1) is 0 Å². The molecule has 32 heavy (non-hydrogen) atoms. The predicted molar refractivity (Wildman–Crippen MR) is 113 cm³/mol. The maximum absolute atomic E-state index is 13.7. The van der Waals surface area contributed by atoms with Crippen LogP contribution in [0.1, 0.15) is 33.7 Å². The number of rotatable bonds is 3. The van der Waals surface area contributed by atoms with Crippen molar-refractivity contribution in [1.82, 2.24) is 24.8 Å². The average Bonchev–Trinajstić information content (AvgIpc) is 3.10. The largest absolute Gasteiger partial charge is 0.387 e. The number of aryl methyl sites for hydroxylation is 2. The zero-order valence-electron chi connectivity index (χ0n) is 17.8. The van der Waals surface area contributed by atoms with Crippen LogP contribution in [0.25, 0.3) is 11.3 Å². The molecule has 3 heterocycles. The molecular weight excluding hydrogens is 421 g/mol. The van der Waals surface area contributed by atoms with E-state index in [1.54, 1.807) is 20.2 Å². The standard InChI is InChI=1S/C22H21F3N6O/c1-11-4-6-28-31-20(12(2)29-21(11)31)22(32)30-7-5-14(17(26)10-30)19(27-3)13-8-15(23)18(25)16(24)9-13/h4,6,8-9,26-27H,5,7,10H2,1-3H3/b19-14-,26-17?. The minimum atomic E-state index is -1.54. The maximum atomic E-state index is 13.7. The molecule has 0 spiro atoms. The van der Waals surface area contributed by atoms with Crippen LogP contribution in [-0.4, -0.2) is 51.3 Å². The Balaban J connectivity index is 1.65. The molecule has 2 N–H and O–H groups in total. The van der Waals surface area contributed by atoms with Gasteiger partial charge in [0.15, 0.2) is 28.8 Å². The van der Waals surface area contributed by atoms with Crippen LogP contribution in [0.5, 0.6) is 0 Å². The number of nitrogens with one attached hydrogen (secondary N) is 2. The SMILES string of the molecule is CN/C(=C1/CCN(C(=O)c2c(C)nc3c(C)ccnn23)CC1=N)c1cc(F)c(F)c(F)c1. The van der Waals surface area contributed by atoms with Crippen molar-refractivity contribution in [3.63, 3.8) is 0 Å². The molecule has 0 radical (unpaired) electrons. The van der Waals surface area contributed by atoms with Gasteiger partial charge in [-0.25, -0.2) is 22.7 Å². The Morgan fingerprint density at radius 2 is 1.88 bits per heavy atom. The number of piperidine rings is 1. The first-order valence-electron chi connectivity index (χ1n) is 9.96. The summed E-state index contributed by atoms with van der Waals surface area (Å²) in [4.78, 5) is 19.2. The van der Waals surface area contributed by atoms with Crippen molar-refractivity contribution in [3.8, 4) is 0 Å².